The van der Waals surface area contributed by atoms with Crippen molar-refractivity contribution in [2.45, 2.75) is 177 Å². The summed E-state index contributed by atoms with van der Waals surface area (Å²) < 4.78 is 0. The monoisotopic (exact) mass is 780 g/mol. The molecule has 0 unspecified atom stereocenters. The van der Waals surface area contributed by atoms with Crippen molar-refractivity contribution >= 4 is 17.6 Å². The molecule has 312 valence electrons. The number of phenolic OH excluding ortho intramolecular Hbond substituents is 3. The smallest absolute Gasteiger partial charge is 0.226 e. The molecule has 0 aliphatic heterocycles. The molecule has 1 aromatic heterocycles. The van der Waals surface area contributed by atoms with E-state index in [1.807, 2.05) is 6.07 Å². The van der Waals surface area contributed by atoms with Crippen molar-refractivity contribution in [1.29, 1.82) is 0 Å². The molecule has 0 bridgehead atoms. The number of anilines is 3. The number of nitrogens with one attached hydrogen (secondary N) is 3. The van der Waals surface area contributed by atoms with Gasteiger partial charge in [0, 0.05) is 25.7 Å². The molecule has 0 atom stereocenters. The van der Waals surface area contributed by atoms with Gasteiger partial charge in [0.15, 0.2) is 0 Å². The number of phenols is 3. The highest BCUT2D eigenvalue weighted by atomic mass is 16.3. The lowest BCUT2D eigenvalue weighted by molar-refractivity contribution is 0.422. The molecular weight excluding hydrogens is 707 g/mol. The Hall–Kier alpha value is -4.46. The number of aromatic hydroxyl groups is 3. The molecule has 0 spiro atoms. The number of hydrogen-bond acceptors (Lipinski definition) is 8. The maximum Gasteiger partial charge on any atom is 0.226 e. The Balaban J connectivity index is 1.77. The summed E-state index contributed by atoms with van der Waals surface area (Å²) in [4.78, 5) is 9.88. The molecule has 1 heterocycles. The zero-order valence-electron chi connectivity index (χ0n) is 38.4. The lowest BCUT2D eigenvalue weighted by Gasteiger charge is -2.28. The third-order valence-corrected chi connectivity index (χ3v) is 10.5. The van der Waals surface area contributed by atoms with Crippen molar-refractivity contribution in [3.05, 3.63) is 92.5 Å². The Labute approximate surface area is 344 Å². The Bertz CT molecular complexity index is 1720. The topological polar surface area (TPSA) is 123 Å². The maximum atomic E-state index is 11.3. The van der Waals surface area contributed by atoms with Gasteiger partial charge in [0.05, 0.1) is 0 Å². The van der Waals surface area contributed by atoms with Gasteiger partial charge in [0.25, 0.3) is 0 Å². The second-order valence-electron chi connectivity index (χ2n) is 22.1. The van der Waals surface area contributed by atoms with Crippen LogP contribution in [0.15, 0.2) is 42.5 Å². The lowest BCUT2D eigenvalue weighted by Crippen LogP contribution is -2.19. The van der Waals surface area contributed by atoms with Crippen LogP contribution in [0, 0.1) is 0 Å². The molecule has 0 saturated carbocycles. The third-order valence-electron chi connectivity index (χ3n) is 10.5. The summed E-state index contributed by atoms with van der Waals surface area (Å²) >= 11 is 0. The molecule has 8 heteroatoms. The first-order valence-corrected chi connectivity index (χ1v) is 20.5. The van der Waals surface area contributed by atoms with Gasteiger partial charge in [-0.15, -0.1) is 0 Å². The molecule has 0 aliphatic rings. The molecule has 6 N–H and O–H groups in total. The average Bonchev–Trinajstić information content (AvgIpc) is 3.03. The van der Waals surface area contributed by atoms with Gasteiger partial charge >= 0.3 is 0 Å². The van der Waals surface area contributed by atoms with E-state index in [2.05, 4.69) is 177 Å². The Morgan fingerprint density at radius 3 is 0.772 bits per heavy atom. The lowest BCUT2D eigenvalue weighted by atomic mass is 9.78. The molecule has 0 fully saturated rings. The zero-order valence-corrected chi connectivity index (χ0v) is 38.4. The third kappa shape index (κ3) is 11.1. The van der Waals surface area contributed by atoms with E-state index in [0.717, 1.165) is 50.1 Å². The van der Waals surface area contributed by atoms with Gasteiger partial charge in [-0.1, -0.05) is 125 Å². The van der Waals surface area contributed by atoms with Crippen LogP contribution in [0.1, 0.15) is 175 Å². The van der Waals surface area contributed by atoms with E-state index in [1.54, 1.807) is 0 Å². The fourth-order valence-corrected chi connectivity index (χ4v) is 7.09. The minimum atomic E-state index is -0.251. The first-order chi connectivity index (χ1) is 25.8. The van der Waals surface area contributed by atoms with Crippen LogP contribution in [0.25, 0.3) is 0 Å². The van der Waals surface area contributed by atoms with Gasteiger partial charge in [-0.2, -0.15) is 9.97 Å². The predicted octanol–water partition coefficient (Wildman–Crippen LogP) is 12.2. The van der Waals surface area contributed by atoms with Crippen LogP contribution in [0.3, 0.4) is 0 Å². The minimum absolute atomic E-state index is 0.245. The van der Waals surface area contributed by atoms with E-state index in [9.17, 15) is 15.3 Å². The molecular formula is C49H73N5O3. The number of aromatic nitrogens is 2. The van der Waals surface area contributed by atoms with E-state index in [-0.39, 0.29) is 32.5 Å². The van der Waals surface area contributed by atoms with E-state index >= 15 is 0 Å². The predicted molar refractivity (Wildman–Crippen MR) is 241 cm³/mol. The summed E-state index contributed by atoms with van der Waals surface area (Å²) in [5.41, 5.74) is 7.10. The van der Waals surface area contributed by atoms with Gasteiger partial charge in [0.2, 0.25) is 5.95 Å². The van der Waals surface area contributed by atoms with Crippen molar-refractivity contribution < 1.29 is 15.3 Å². The normalized spacial score (nSPS) is 13.2. The summed E-state index contributed by atoms with van der Waals surface area (Å²) in [5.74, 6) is 2.81. The van der Waals surface area contributed by atoms with Crippen molar-refractivity contribution in [2.24, 2.45) is 0 Å². The van der Waals surface area contributed by atoms with E-state index in [4.69, 9.17) is 9.97 Å². The fraction of sp³-hybridized carbons (Fsp3) is 0.551. The number of nitrogens with zero attached hydrogens (tertiary/aromatic N) is 2. The number of benzene rings is 3. The maximum absolute atomic E-state index is 11.3. The molecule has 0 radical (unpaired) electrons. The largest absolute Gasteiger partial charge is 0.507 e. The molecule has 4 aromatic rings. The zero-order chi connectivity index (χ0) is 43.3. The molecule has 0 saturated heterocycles. The molecule has 4 rings (SSSR count). The Morgan fingerprint density at radius 1 is 0.351 bits per heavy atom. The second kappa shape index (κ2) is 15.7. The highest BCUT2D eigenvalue weighted by molar-refractivity contribution is 5.56. The summed E-state index contributed by atoms with van der Waals surface area (Å²) in [5, 5.41) is 44.6. The first kappa shape index (κ1) is 45.2. The molecule has 0 aliphatic carbocycles. The average molecular weight is 780 g/mol. The van der Waals surface area contributed by atoms with Crippen LogP contribution in [-0.4, -0.2) is 25.3 Å². The summed E-state index contributed by atoms with van der Waals surface area (Å²) in [6.45, 7) is 39.6. The van der Waals surface area contributed by atoms with Crippen LogP contribution < -0.4 is 16.0 Å². The standard InChI is InChI=1S/C49H73N5O3/c1-44(2,3)32-19-29(20-33(40(32)55)45(4,5)6)26-50-38-25-39(51-27-30-21-34(46(7,8)9)41(56)35(22-30)47(10,11)12)54-43(53-38)52-28-31-23-36(48(13,14)15)42(57)37(24-31)49(16,17)18/h19-25,55-57H,26-28H2,1-18H3,(H3,50,51,52,53,54). The minimum Gasteiger partial charge on any atom is -0.507 e. The Kier molecular flexibility index (Phi) is 12.5. The van der Waals surface area contributed by atoms with Crippen LogP contribution in [-0.2, 0) is 52.1 Å². The summed E-state index contributed by atoms with van der Waals surface area (Å²) in [6, 6.07) is 14.4. The van der Waals surface area contributed by atoms with Gasteiger partial charge in [-0.05, 0) is 119 Å². The van der Waals surface area contributed by atoms with Gasteiger partial charge in [-0.25, -0.2) is 0 Å². The second-order valence-corrected chi connectivity index (χ2v) is 22.1. The fourth-order valence-electron chi connectivity index (χ4n) is 7.09. The van der Waals surface area contributed by atoms with Crippen molar-refractivity contribution in [2.75, 3.05) is 16.0 Å². The van der Waals surface area contributed by atoms with Crippen LogP contribution in [0.4, 0.5) is 17.6 Å². The van der Waals surface area contributed by atoms with E-state index in [1.165, 1.54) is 0 Å². The molecule has 0 amide bonds. The highest BCUT2D eigenvalue weighted by Gasteiger charge is 2.29. The van der Waals surface area contributed by atoms with Crippen molar-refractivity contribution in [3.8, 4) is 17.2 Å². The molecule has 57 heavy (non-hydrogen) atoms. The SMILES string of the molecule is CC(C)(C)c1cc(CNc2cc(NCc3cc(C(C)(C)C)c(O)c(C(C)(C)C)c3)nc(NCc3cc(C(C)(C)C)c(O)c(C(C)(C)C)c3)n2)cc(C(C)(C)C)c1O. The highest BCUT2D eigenvalue weighted by Crippen LogP contribution is 2.42. The molecule has 8 nitrogen and oxygen atoms in total. The van der Waals surface area contributed by atoms with E-state index in [0.29, 0.717) is 54.5 Å². The first-order valence-electron chi connectivity index (χ1n) is 20.5. The summed E-state index contributed by atoms with van der Waals surface area (Å²) in [7, 11) is 0. The quantitative estimate of drug-likeness (QED) is 0.0993. The van der Waals surface area contributed by atoms with Gasteiger partial charge < -0.3 is 31.3 Å². The molecule has 3 aromatic carbocycles. The van der Waals surface area contributed by atoms with Gasteiger partial charge in [-0.3, -0.25) is 0 Å². The summed E-state index contributed by atoms with van der Waals surface area (Å²) in [6.07, 6.45) is 0. The Morgan fingerprint density at radius 2 is 0.561 bits per heavy atom. The number of rotatable bonds is 9. The van der Waals surface area contributed by atoms with Crippen molar-refractivity contribution in [1.82, 2.24) is 9.97 Å². The van der Waals surface area contributed by atoms with Crippen LogP contribution in [0.5, 0.6) is 17.2 Å². The van der Waals surface area contributed by atoms with Crippen molar-refractivity contribution in [3.63, 3.8) is 0 Å². The van der Waals surface area contributed by atoms with Gasteiger partial charge in [0.1, 0.15) is 28.9 Å². The number of hydrogen-bond donors (Lipinski definition) is 6. The van der Waals surface area contributed by atoms with E-state index < -0.39 is 0 Å². The van der Waals surface area contributed by atoms with Crippen LogP contribution in [0.2, 0.25) is 0 Å². The van der Waals surface area contributed by atoms with Crippen LogP contribution >= 0.6 is 0 Å².